The second-order valence-corrected chi connectivity index (χ2v) is 9.80. The van der Waals surface area contributed by atoms with Crippen LogP contribution in [0.2, 0.25) is 0 Å². The van der Waals surface area contributed by atoms with Gasteiger partial charge in [0.25, 0.3) is 11.8 Å². The van der Waals surface area contributed by atoms with E-state index in [2.05, 4.69) is 15.6 Å². The molecule has 2 amide bonds. The molecule has 0 unspecified atom stereocenters. The molecule has 0 saturated carbocycles. The van der Waals surface area contributed by atoms with Crippen LogP contribution in [0.4, 0.5) is 10.1 Å². The topological polar surface area (TPSA) is 116 Å². The third-order valence-corrected chi connectivity index (χ3v) is 6.64. The maximum Gasteiger partial charge on any atom is 0.262 e. The molecule has 1 aromatic heterocycles. The van der Waals surface area contributed by atoms with Crippen LogP contribution in [0, 0.1) is 20.7 Å². The van der Waals surface area contributed by atoms with E-state index >= 15 is 0 Å². The summed E-state index contributed by atoms with van der Waals surface area (Å²) in [6, 6.07) is 18.7. The van der Waals surface area contributed by atoms with E-state index < -0.39 is 17.6 Å². The van der Waals surface area contributed by atoms with Crippen LogP contribution < -0.4 is 20.1 Å². The van der Waals surface area contributed by atoms with Gasteiger partial charge in [0.05, 0.1) is 10.2 Å². The highest BCUT2D eigenvalue weighted by molar-refractivity contribution is 14.1. The lowest BCUT2D eigenvalue weighted by Crippen LogP contribution is -2.26. The van der Waals surface area contributed by atoms with Gasteiger partial charge in [0, 0.05) is 29.3 Å². The minimum Gasteiger partial charge on any atom is -0.490 e. The summed E-state index contributed by atoms with van der Waals surface area (Å²) in [5, 5.41) is 16.2. The van der Waals surface area contributed by atoms with Crippen molar-refractivity contribution in [3.8, 4) is 17.6 Å². The van der Waals surface area contributed by atoms with Crippen molar-refractivity contribution in [2.45, 2.75) is 13.3 Å². The number of benzene rings is 3. The Morgan fingerprint density at radius 2 is 1.90 bits per heavy atom. The highest BCUT2D eigenvalue weighted by Crippen LogP contribution is 2.35. The number of amides is 2. The van der Waals surface area contributed by atoms with Crippen LogP contribution >= 0.6 is 22.6 Å². The standard InChI is InChI=1S/C30H26FIN4O4/c1-2-39-27-15-19(14-25(32)29(27)40-18-28(37)36-23-9-7-22(31)8-10-23)13-21(16-33)30(38)34-12-11-20-17-35-26-6-4-3-5-24(20)26/h3-10,13-15,17,35H,2,11-12,18H2,1H3,(H,34,38)(H,36,37)/b21-13-. The first-order chi connectivity index (χ1) is 19.4. The lowest BCUT2D eigenvalue weighted by atomic mass is 10.1. The predicted octanol–water partition coefficient (Wildman–Crippen LogP) is 5.59. The maximum atomic E-state index is 13.1. The van der Waals surface area contributed by atoms with Crippen LogP contribution in [0.15, 0.2) is 72.4 Å². The Kier molecular flexibility index (Phi) is 9.75. The van der Waals surface area contributed by atoms with Crippen molar-refractivity contribution in [1.29, 1.82) is 5.26 Å². The zero-order valence-electron chi connectivity index (χ0n) is 21.6. The molecular weight excluding hydrogens is 626 g/mol. The third kappa shape index (κ3) is 7.39. The van der Waals surface area contributed by atoms with Crippen LogP contribution in [-0.2, 0) is 16.0 Å². The van der Waals surface area contributed by atoms with Crippen molar-refractivity contribution < 1.29 is 23.5 Å². The van der Waals surface area contributed by atoms with Crippen LogP contribution in [-0.4, -0.2) is 36.6 Å². The molecule has 0 aliphatic rings. The van der Waals surface area contributed by atoms with Gasteiger partial charge in [0.1, 0.15) is 17.5 Å². The number of ether oxygens (including phenoxy) is 2. The first-order valence-electron chi connectivity index (χ1n) is 12.5. The molecular formula is C30H26FIN4O4. The van der Waals surface area contributed by atoms with Gasteiger partial charge >= 0.3 is 0 Å². The Morgan fingerprint density at radius 3 is 2.65 bits per heavy atom. The molecule has 0 spiro atoms. The van der Waals surface area contributed by atoms with Crippen LogP contribution in [0.5, 0.6) is 11.5 Å². The summed E-state index contributed by atoms with van der Waals surface area (Å²) in [4.78, 5) is 28.3. The normalized spacial score (nSPS) is 11.1. The smallest absolute Gasteiger partial charge is 0.262 e. The quantitative estimate of drug-likeness (QED) is 0.111. The number of nitrogens with one attached hydrogen (secondary N) is 3. The summed E-state index contributed by atoms with van der Waals surface area (Å²) < 4.78 is 25.2. The Hall–Kier alpha value is -4.37. The van der Waals surface area contributed by atoms with Gasteiger partial charge in [-0.3, -0.25) is 9.59 Å². The summed E-state index contributed by atoms with van der Waals surface area (Å²) in [6.45, 7) is 2.21. The van der Waals surface area contributed by atoms with Gasteiger partial charge < -0.3 is 25.1 Å². The van der Waals surface area contributed by atoms with E-state index in [1.165, 1.54) is 30.3 Å². The molecule has 0 saturated heterocycles. The van der Waals surface area contributed by atoms with E-state index in [0.717, 1.165) is 16.5 Å². The molecule has 0 atom stereocenters. The molecule has 0 radical (unpaired) electrons. The fourth-order valence-corrected chi connectivity index (χ4v) is 4.78. The first kappa shape index (κ1) is 28.6. The number of rotatable bonds is 11. The number of halogens is 2. The Labute approximate surface area is 244 Å². The fourth-order valence-electron chi connectivity index (χ4n) is 4.00. The van der Waals surface area contributed by atoms with Crippen molar-refractivity contribution in [2.75, 3.05) is 25.1 Å². The minimum absolute atomic E-state index is 0.0514. The van der Waals surface area contributed by atoms with Gasteiger partial charge in [-0.2, -0.15) is 5.26 Å². The molecule has 0 aliphatic carbocycles. The number of hydrogen-bond donors (Lipinski definition) is 3. The molecule has 3 N–H and O–H groups in total. The Balaban J connectivity index is 1.41. The van der Waals surface area contributed by atoms with Crippen molar-refractivity contribution >= 4 is 57.1 Å². The highest BCUT2D eigenvalue weighted by atomic mass is 127. The Bertz CT molecular complexity index is 1590. The van der Waals surface area contributed by atoms with E-state index in [1.807, 2.05) is 66.0 Å². The molecule has 10 heteroatoms. The van der Waals surface area contributed by atoms with E-state index in [0.29, 0.717) is 45.9 Å². The monoisotopic (exact) mass is 652 g/mol. The summed E-state index contributed by atoms with van der Waals surface area (Å²) in [5.41, 5.74) is 3.07. The number of carbonyl (C=O) groups excluding carboxylic acids is 2. The zero-order valence-corrected chi connectivity index (χ0v) is 23.8. The van der Waals surface area contributed by atoms with Gasteiger partial charge in [0.2, 0.25) is 0 Å². The SMILES string of the molecule is CCOc1cc(/C=C(/C#N)C(=O)NCCc2c[nH]c3ccccc23)cc(I)c1OCC(=O)Nc1ccc(F)cc1. The van der Waals surface area contributed by atoms with Crippen molar-refractivity contribution in [2.24, 2.45) is 0 Å². The van der Waals surface area contributed by atoms with E-state index in [4.69, 9.17) is 9.47 Å². The summed E-state index contributed by atoms with van der Waals surface area (Å²) in [7, 11) is 0. The first-order valence-corrected chi connectivity index (χ1v) is 13.6. The lowest BCUT2D eigenvalue weighted by Gasteiger charge is -2.15. The summed E-state index contributed by atoms with van der Waals surface area (Å²) in [6.07, 6.45) is 4.02. The van der Waals surface area contributed by atoms with Crippen molar-refractivity contribution in [3.05, 3.63) is 92.9 Å². The maximum absolute atomic E-state index is 13.1. The number of carbonyl (C=O) groups is 2. The van der Waals surface area contributed by atoms with Gasteiger partial charge in [-0.05, 0) is 95.6 Å². The number of nitrogens with zero attached hydrogens (tertiary/aromatic N) is 1. The average Bonchev–Trinajstić information content (AvgIpc) is 3.35. The number of nitriles is 1. The lowest BCUT2D eigenvalue weighted by molar-refractivity contribution is -0.118. The largest absolute Gasteiger partial charge is 0.490 e. The Morgan fingerprint density at radius 1 is 1.12 bits per heavy atom. The molecule has 204 valence electrons. The number of fused-ring (bicyclic) bond motifs is 1. The molecule has 0 fully saturated rings. The third-order valence-electron chi connectivity index (χ3n) is 5.84. The second kappa shape index (κ2) is 13.6. The molecule has 1 heterocycles. The highest BCUT2D eigenvalue weighted by Gasteiger charge is 2.16. The van der Waals surface area contributed by atoms with E-state index in [-0.39, 0.29) is 12.2 Å². The van der Waals surface area contributed by atoms with Crippen LogP contribution in [0.25, 0.3) is 17.0 Å². The number of anilines is 1. The zero-order chi connectivity index (χ0) is 28.5. The fraction of sp³-hybridized carbons (Fsp3) is 0.167. The van der Waals surface area contributed by atoms with Gasteiger partial charge in [-0.15, -0.1) is 0 Å². The van der Waals surface area contributed by atoms with Crippen molar-refractivity contribution in [3.63, 3.8) is 0 Å². The predicted molar refractivity (Wildman–Crippen MR) is 159 cm³/mol. The van der Waals surface area contributed by atoms with Gasteiger partial charge in [0.15, 0.2) is 18.1 Å². The molecule has 4 rings (SSSR count). The number of hydrogen-bond acceptors (Lipinski definition) is 5. The van der Waals surface area contributed by atoms with Gasteiger partial charge in [-0.25, -0.2) is 4.39 Å². The van der Waals surface area contributed by atoms with Crippen LogP contribution in [0.1, 0.15) is 18.1 Å². The molecule has 4 aromatic rings. The molecule has 0 aliphatic heterocycles. The second-order valence-electron chi connectivity index (χ2n) is 8.64. The number of aromatic amines is 1. The molecule has 3 aromatic carbocycles. The summed E-state index contributed by atoms with van der Waals surface area (Å²) >= 11 is 2.04. The molecule has 0 bridgehead atoms. The molecule has 40 heavy (non-hydrogen) atoms. The van der Waals surface area contributed by atoms with E-state index in [9.17, 15) is 19.2 Å². The van der Waals surface area contributed by atoms with E-state index in [1.54, 1.807) is 12.1 Å². The minimum atomic E-state index is -0.479. The number of H-pyrrole nitrogens is 1. The average molecular weight is 652 g/mol. The van der Waals surface area contributed by atoms with Gasteiger partial charge in [-0.1, -0.05) is 18.2 Å². The number of aromatic nitrogens is 1. The van der Waals surface area contributed by atoms with Crippen molar-refractivity contribution in [1.82, 2.24) is 10.3 Å². The summed E-state index contributed by atoms with van der Waals surface area (Å²) in [5.74, 6) is -0.581. The molecule has 8 nitrogen and oxygen atoms in total. The van der Waals surface area contributed by atoms with Crippen LogP contribution in [0.3, 0.4) is 0 Å². The number of para-hydroxylation sites is 1.